The van der Waals surface area contributed by atoms with Crippen molar-refractivity contribution in [3.05, 3.63) is 50.6 Å². The largest absolute Gasteiger partial charge is 0.391 e. The number of nitrogens with two attached hydrogens (primary N) is 1. The van der Waals surface area contributed by atoms with E-state index >= 15 is 0 Å². The predicted molar refractivity (Wildman–Crippen MR) is 156 cm³/mol. The summed E-state index contributed by atoms with van der Waals surface area (Å²) >= 11 is 2.91. The van der Waals surface area contributed by atoms with E-state index in [1.807, 2.05) is 24.8 Å². The predicted octanol–water partition coefficient (Wildman–Crippen LogP) is 1.79. The minimum atomic E-state index is -0.754. The van der Waals surface area contributed by atoms with Crippen molar-refractivity contribution in [1.82, 2.24) is 30.0 Å². The Labute approximate surface area is 242 Å². The molecule has 6 heterocycles. The smallest absolute Gasteiger partial charge is 0.278 e. The van der Waals surface area contributed by atoms with Gasteiger partial charge in [-0.15, -0.1) is 21.5 Å². The van der Waals surface area contributed by atoms with E-state index in [2.05, 4.69) is 30.8 Å². The second-order valence-corrected chi connectivity index (χ2v) is 12.8. The number of nitrogen functional groups attached to an aromatic ring is 1. The van der Waals surface area contributed by atoms with Crippen LogP contribution in [0.3, 0.4) is 0 Å². The molecule has 0 bridgehead atoms. The quantitative estimate of drug-likeness (QED) is 0.256. The summed E-state index contributed by atoms with van der Waals surface area (Å²) in [6.45, 7) is 4.74. The minimum absolute atomic E-state index is 0.00128. The molecular weight excluding hydrogens is 566 g/mol. The van der Waals surface area contributed by atoms with Crippen molar-refractivity contribution in [2.75, 3.05) is 29.0 Å². The molecule has 6 rings (SSSR count). The van der Waals surface area contributed by atoms with Gasteiger partial charge < -0.3 is 26.4 Å². The molecular formula is C26H29N9O4S2. The molecule has 2 aliphatic rings. The van der Waals surface area contributed by atoms with Crippen LogP contribution in [0, 0.1) is 12.8 Å². The Morgan fingerprint density at radius 2 is 1.95 bits per heavy atom. The van der Waals surface area contributed by atoms with Gasteiger partial charge in [0.2, 0.25) is 16.9 Å². The number of piperidine rings is 1. The zero-order valence-corrected chi connectivity index (χ0v) is 24.0. The summed E-state index contributed by atoms with van der Waals surface area (Å²) < 4.78 is 2.37. The normalized spacial score (nSPS) is 22.1. The number of fused-ring (bicyclic) bond motifs is 2. The highest BCUT2D eigenvalue weighted by molar-refractivity contribution is 7.19. The monoisotopic (exact) mass is 595 g/mol. The highest BCUT2D eigenvalue weighted by Gasteiger charge is 2.37. The number of β-amino-alcohol motifs (C(OH)–C–C–N with tert-alkyl or cyclic N) is 1. The molecule has 1 fully saturated rings. The number of amides is 2. The summed E-state index contributed by atoms with van der Waals surface area (Å²) in [7, 11) is 0. The lowest BCUT2D eigenvalue weighted by atomic mass is 9.95. The molecule has 0 aliphatic carbocycles. The Morgan fingerprint density at radius 3 is 2.73 bits per heavy atom. The Balaban J connectivity index is 1.17. The Bertz CT molecular complexity index is 1700. The minimum Gasteiger partial charge on any atom is -0.391 e. The van der Waals surface area contributed by atoms with E-state index in [9.17, 15) is 19.5 Å². The van der Waals surface area contributed by atoms with Gasteiger partial charge in [0.25, 0.3) is 5.56 Å². The summed E-state index contributed by atoms with van der Waals surface area (Å²) in [5, 5.41) is 26.6. The lowest BCUT2D eigenvalue weighted by molar-refractivity contribution is -0.124. The maximum absolute atomic E-state index is 13.6. The third kappa shape index (κ3) is 5.39. The molecule has 4 aromatic heterocycles. The molecule has 0 unspecified atom stereocenters. The summed E-state index contributed by atoms with van der Waals surface area (Å²) in [6.07, 6.45) is 2.99. The number of aliphatic hydroxyl groups excluding tert-OH is 1. The fourth-order valence-corrected chi connectivity index (χ4v) is 7.18. The van der Waals surface area contributed by atoms with Crippen molar-refractivity contribution < 1.29 is 14.7 Å². The summed E-state index contributed by atoms with van der Waals surface area (Å²) in [5.41, 5.74) is 5.29. The number of anilines is 3. The van der Waals surface area contributed by atoms with Gasteiger partial charge in [0.15, 0.2) is 0 Å². The molecule has 0 saturated carbocycles. The van der Waals surface area contributed by atoms with Gasteiger partial charge in [-0.05, 0) is 31.9 Å². The molecule has 214 valence electrons. The van der Waals surface area contributed by atoms with Gasteiger partial charge in [-0.3, -0.25) is 19.0 Å². The first-order valence-electron chi connectivity index (χ1n) is 13.2. The molecule has 0 radical (unpaired) electrons. The van der Waals surface area contributed by atoms with E-state index in [1.54, 1.807) is 12.3 Å². The van der Waals surface area contributed by atoms with E-state index in [0.717, 1.165) is 20.0 Å². The molecule has 2 aliphatic heterocycles. The highest BCUT2D eigenvalue weighted by atomic mass is 32.1. The zero-order chi connectivity index (χ0) is 28.8. The first-order chi connectivity index (χ1) is 19.7. The van der Waals surface area contributed by atoms with Gasteiger partial charge in [-0.2, -0.15) is 0 Å². The van der Waals surface area contributed by atoms with Crippen LogP contribution in [-0.2, 0) is 16.1 Å². The molecule has 1 saturated heterocycles. The topological polar surface area (TPSA) is 181 Å². The van der Waals surface area contributed by atoms with Crippen molar-refractivity contribution in [2.24, 2.45) is 5.92 Å². The zero-order valence-electron chi connectivity index (χ0n) is 22.4. The number of nitrogens with zero attached hydrogens (tertiary/aromatic N) is 6. The molecule has 2 amide bonds. The number of rotatable bonds is 6. The molecule has 0 aromatic carbocycles. The van der Waals surface area contributed by atoms with Gasteiger partial charge in [0.1, 0.15) is 28.4 Å². The first-order valence-corrected chi connectivity index (χ1v) is 14.9. The fourth-order valence-electron chi connectivity index (χ4n) is 5.45. The fraction of sp³-hybridized carbons (Fsp3) is 0.423. The van der Waals surface area contributed by atoms with Crippen molar-refractivity contribution >= 4 is 61.2 Å². The van der Waals surface area contributed by atoms with E-state index in [0.29, 0.717) is 42.8 Å². The third-order valence-electron chi connectivity index (χ3n) is 7.41. The maximum atomic E-state index is 13.6. The van der Waals surface area contributed by atoms with Crippen LogP contribution in [0.4, 0.5) is 16.6 Å². The van der Waals surface area contributed by atoms with Crippen molar-refractivity contribution in [3.8, 4) is 0 Å². The van der Waals surface area contributed by atoms with Crippen LogP contribution in [0.1, 0.15) is 47.4 Å². The SMILES string of the molecule is Cc1nnc(N2C[C@@H](O)C[C@H](C(=O)Nc3cnc4n(c3=O)[C@H](C(=O)NCc3cc5cnc(N)cc5s3)C[C@H]4C)C2)s1. The number of hydrogen-bond donors (Lipinski definition) is 4. The van der Waals surface area contributed by atoms with Crippen LogP contribution < -0.4 is 26.8 Å². The molecule has 4 atom stereocenters. The van der Waals surface area contributed by atoms with Gasteiger partial charge in [0, 0.05) is 40.2 Å². The van der Waals surface area contributed by atoms with Gasteiger partial charge in [0.05, 0.1) is 24.8 Å². The average Bonchev–Trinajstić information content (AvgIpc) is 3.65. The van der Waals surface area contributed by atoms with Crippen LogP contribution >= 0.6 is 22.7 Å². The van der Waals surface area contributed by atoms with Crippen LogP contribution in [0.2, 0.25) is 0 Å². The molecule has 41 heavy (non-hydrogen) atoms. The van der Waals surface area contributed by atoms with Crippen LogP contribution in [0.25, 0.3) is 10.1 Å². The number of carbonyl (C=O) groups is 2. The number of hydrogen-bond acceptors (Lipinski definition) is 12. The first kappa shape index (κ1) is 27.2. The molecule has 5 N–H and O–H groups in total. The number of aliphatic hydroxyl groups is 1. The molecule has 0 spiro atoms. The number of aromatic nitrogens is 5. The second-order valence-electron chi connectivity index (χ2n) is 10.5. The summed E-state index contributed by atoms with van der Waals surface area (Å²) in [4.78, 5) is 51.4. The number of aryl methyl sites for hydroxylation is 1. The molecule has 4 aromatic rings. The van der Waals surface area contributed by atoms with E-state index in [4.69, 9.17) is 5.73 Å². The Hall–Kier alpha value is -3.95. The van der Waals surface area contributed by atoms with Gasteiger partial charge in [-0.25, -0.2) is 9.97 Å². The molecule has 15 heteroatoms. The molecule has 13 nitrogen and oxygen atoms in total. The lowest BCUT2D eigenvalue weighted by Crippen LogP contribution is -2.47. The van der Waals surface area contributed by atoms with Crippen molar-refractivity contribution in [2.45, 2.75) is 51.3 Å². The van der Waals surface area contributed by atoms with Crippen molar-refractivity contribution in [1.29, 1.82) is 0 Å². The van der Waals surface area contributed by atoms with Crippen LogP contribution in [0.15, 0.2) is 29.3 Å². The number of pyridine rings is 1. The number of nitrogens with one attached hydrogen (secondary N) is 2. The maximum Gasteiger partial charge on any atom is 0.278 e. The average molecular weight is 596 g/mol. The van der Waals surface area contributed by atoms with E-state index in [-0.39, 0.29) is 23.9 Å². The Kier molecular flexibility index (Phi) is 7.17. The van der Waals surface area contributed by atoms with E-state index < -0.39 is 29.5 Å². The summed E-state index contributed by atoms with van der Waals surface area (Å²) in [5.74, 6) is -0.449. The highest BCUT2D eigenvalue weighted by Crippen LogP contribution is 2.34. The number of carbonyl (C=O) groups excluding carboxylic acids is 2. The van der Waals surface area contributed by atoms with Gasteiger partial charge >= 0.3 is 0 Å². The standard InChI is InChI=1S/C26H29N9O4S2/c1-12-3-19(24(38)30-8-17-5-14-7-28-21(27)6-20(14)41-17)35-22(12)29-9-18(25(35)39)31-23(37)15-4-16(36)11-34(10-15)26-33-32-13(2)40-26/h5-7,9,12,15-16,19,36H,3-4,8,10-11H2,1-2H3,(H2,27,28)(H,30,38)(H,31,37)/t12-,15+,16+,19+/m1/s1. The van der Waals surface area contributed by atoms with Crippen LogP contribution in [-0.4, -0.2) is 60.8 Å². The Morgan fingerprint density at radius 1 is 1.12 bits per heavy atom. The summed E-state index contributed by atoms with van der Waals surface area (Å²) in [6, 6.07) is 3.00. The second kappa shape index (κ2) is 10.8. The number of thiophene rings is 1. The van der Waals surface area contributed by atoms with Crippen molar-refractivity contribution in [3.63, 3.8) is 0 Å². The third-order valence-corrected chi connectivity index (χ3v) is 9.40. The van der Waals surface area contributed by atoms with Gasteiger partial charge in [-0.1, -0.05) is 18.3 Å². The lowest BCUT2D eigenvalue weighted by Gasteiger charge is -2.34. The van der Waals surface area contributed by atoms with Crippen LogP contribution in [0.5, 0.6) is 0 Å². The van der Waals surface area contributed by atoms with E-state index in [1.165, 1.54) is 33.4 Å².